The van der Waals surface area contributed by atoms with Crippen molar-refractivity contribution in [2.45, 2.75) is 24.4 Å². The maximum Gasteiger partial charge on any atom is 0.310 e. The highest BCUT2D eigenvalue weighted by Gasteiger charge is 2.39. The maximum atomic E-state index is 13.1. The van der Waals surface area contributed by atoms with Crippen molar-refractivity contribution >= 4 is 12.4 Å². The number of hydrogen-bond donors (Lipinski definition) is 0. The first-order chi connectivity index (χ1) is 17.2. The van der Waals surface area contributed by atoms with Crippen molar-refractivity contribution in [1.29, 1.82) is 0 Å². The van der Waals surface area contributed by atoms with Crippen LogP contribution in [0.5, 0.6) is 0 Å². The summed E-state index contributed by atoms with van der Waals surface area (Å²) in [5, 5.41) is 0. The first-order valence-corrected chi connectivity index (χ1v) is 11.7. The molecule has 0 saturated carbocycles. The molecule has 35 heavy (non-hydrogen) atoms. The zero-order valence-corrected chi connectivity index (χ0v) is 19.5. The van der Waals surface area contributed by atoms with Gasteiger partial charge in [-0.15, -0.1) is 0 Å². The van der Waals surface area contributed by atoms with Gasteiger partial charge in [-0.1, -0.05) is 121 Å². The van der Waals surface area contributed by atoms with Crippen molar-refractivity contribution in [2.75, 3.05) is 6.61 Å². The molecule has 4 rings (SSSR count). The Labute approximate surface area is 206 Å². The fourth-order valence-corrected chi connectivity index (χ4v) is 4.49. The minimum atomic E-state index is -1.26. The molecule has 0 bridgehead atoms. The molecule has 0 unspecified atom stereocenters. The molecular weight excluding hydrogens is 436 g/mol. The van der Waals surface area contributed by atoms with Crippen LogP contribution in [0.3, 0.4) is 0 Å². The van der Waals surface area contributed by atoms with E-state index in [-0.39, 0.29) is 18.9 Å². The largest absolute Gasteiger partial charge is 0.466 e. The summed E-state index contributed by atoms with van der Waals surface area (Å²) in [6.45, 7) is 0.641. The second kappa shape index (κ2) is 11.8. The third-order valence-electron chi connectivity index (χ3n) is 6.20. The number of rotatable bonds is 11. The van der Waals surface area contributed by atoms with Crippen LogP contribution in [0, 0.1) is 0 Å². The Morgan fingerprint density at radius 2 is 1.11 bits per heavy atom. The zero-order valence-electron chi connectivity index (χ0n) is 19.5. The van der Waals surface area contributed by atoms with E-state index in [0.717, 1.165) is 0 Å². The molecule has 0 aliphatic carbocycles. The van der Waals surface area contributed by atoms with Crippen LogP contribution in [-0.4, -0.2) is 19.0 Å². The molecule has 0 radical (unpaired) electrons. The zero-order chi connectivity index (χ0) is 24.3. The van der Waals surface area contributed by atoms with Gasteiger partial charge < -0.3 is 9.47 Å². The van der Waals surface area contributed by atoms with E-state index in [4.69, 9.17) is 9.47 Å². The molecule has 0 spiro atoms. The molecule has 4 aromatic rings. The quantitative estimate of drug-likeness (QED) is 0.194. The van der Waals surface area contributed by atoms with Gasteiger partial charge in [0.1, 0.15) is 0 Å². The molecule has 4 nitrogen and oxygen atoms in total. The minimum Gasteiger partial charge on any atom is -0.466 e. The van der Waals surface area contributed by atoms with Crippen molar-refractivity contribution < 1.29 is 19.1 Å². The third-order valence-corrected chi connectivity index (χ3v) is 6.20. The van der Waals surface area contributed by atoms with Gasteiger partial charge in [0, 0.05) is 17.0 Å². The van der Waals surface area contributed by atoms with Gasteiger partial charge in [-0.2, -0.15) is 0 Å². The second-order valence-electron chi connectivity index (χ2n) is 8.33. The van der Waals surface area contributed by atoms with E-state index in [0.29, 0.717) is 24.0 Å². The summed E-state index contributed by atoms with van der Waals surface area (Å²) in [6.07, 6.45) is 0.513. The van der Waals surface area contributed by atoms with Crippen molar-refractivity contribution in [2.24, 2.45) is 0 Å². The van der Waals surface area contributed by atoms with E-state index in [2.05, 4.69) is 24.3 Å². The lowest BCUT2D eigenvalue weighted by Gasteiger charge is -2.32. The van der Waals surface area contributed by atoms with Crippen LogP contribution < -0.4 is 0 Å². The van der Waals surface area contributed by atoms with Crippen LogP contribution >= 0.6 is 0 Å². The fourth-order valence-electron chi connectivity index (χ4n) is 4.49. The Morgan fingerprint density at radius 3 is 1.54 bits per heavy atom. The summed E-state index contributed by atoms with van der Waals surface area (Å²) in [6, 6.07) is 39.0. The van der Waals surface area contributed by atoms with Gasteiger partial charge in [0.2, 0.25) is 0 Å². The summed E-state index contributed by atoms with van der Waals surface area (Å²) < 4.78 is 11.4. The van der Waals surface area contributed by atoms with Gasteiger partial charge in [0.25, 0.3) is 6.47 Å². The monoisotopic (exact) mass is 464 g/mol. The maximum absolute atomic E-state index is 13.1. The molecule has 176 valence electrons. The summed E-state index contributed by atoms with van der Waals surface area (Å²) in [5.74, 6) is -0.330. The van der Waals surface area contributed by atoms with Crippen LogP contribution in [0.2, 0.25) is 0 Å². The number of hydrogen-bond acceptors (Lipinski definition) is 4. The lowest BCUT2D eigenvalue weighted by Crippen LogP contribution is -2.34. The van der Waals surface area contributed by atoms with Crippen LogP contribution in [0.4, 0.5) is 0 Å². The van der Waals surface area contributed by atoms with Crippen molar-refractivity contribution in [3.8, 4) is 0 Å². The smallest absolute Gasteiger partial charge is 0.310 e. The highest BCUT2D eigenvalue weighted by Crippen LogP contribution is 2.37. The molecule has 0 saturated heterocycles. The van der Waals surface area contributed by atoms with Gasteiger partial charge in [-0.25, -0.2) is 0 Å². The van der Waals surface area contributed by atoms with E-state index < -0.39 is 11.6 Å². The number of carbonyl (C=O) groups excluding carboxylic acids is 2. The number of esters is 1. The van der Waals surface area contributed by atoms with Gasteiger partial charge in [0.05, 0.1) is 13.0 Å². The predicted octanol–water partition coefficient (Wildman–Crippen LogP) is 6.26. The van der Waals surface area contributed by atoms with E-state index in [1.54, 1.807) is 0 Å². The topological polar surface area (TPSA) is 52.6 Å². The SMILES string of the molecule is O=COC(CC(=O)OCCC(c1ccccc1)c1ccccc1)(c1ccccc1)c1ccccc1. The molecule has 0 amide bonds. The van der Waals surface area contributed by atoms with E-state index >= 15 is 0 Å². The average Bonchev–Trinajstić information content (AvgIpc) is 2.93. The Hall–Kier alpha value is -4.18. The van der Waals surface area contributed by atoms with Crippen molar-refractivity contribution in [3.05, 3.63) is 144 Å². The lowest BCUT2D eigenvalue weighted by atomic mass is 9.83. The first kappa shape index (κ1) is 24.0. The van der Waals surface area contributed by atoms with Crippen LogP contribution in [0.25, 0.3) is 0 Å². The molecular formula is C31H28O4. The number of carbonyl (C=O) groups is 2. The Balaban J connectivity index is 1.52. The van der Waals surface area contributed by atoms with Crippen LogP contribution in [-0.2, 0) is 24.7 Å². The Bertz CT molecular complexity index is 1110. The van der Waals surface area contributed by atoms with Crippen LogP contribution in [0.1, 0.15) is 41.0 Å². The van der Waals surface area contributed by atoms with E-state index in [1.807, 2.05) is 97.1 Å². The first-order valence-electron chi connectivity index (χ1n) is 11.7. The normalized spacial score (nSPS) is 11.1. The minimum absolute atomic E-state index is 0.101. The van der Waals surface area contributed by atoms with Crippen LogP contribution in [0.15, 0.2) is 121 Å². The Morgan fingerprint density at radius 1 is 0.686 bits per heavy atom. The van der Waals surface area contributed by atoms with Gasteiger partial charge in [-0.3, -0.25) is 9.59 Å². The van der Waals surface area contributed by atoms with E-state index in [9.17, 15) is 9.59 Å². The highest BCUT2D eigenvalue weighted by molar-refractivity contribution is 5.73. The molecule has 0 aliphatic heterocycles. The molecule has 0 N–H and O–H groups in total. The van der Waals surface area contributed by atoms with E-state index in [1.165, 1.54) is 11.1 Å². The van der Waals surface area contributed by atoms with Crippen molar-refractivity contribution in [1.82, 2.24) is 0 Å². The fraction of sp³-hybridized carbons (Fsp3) is 0.161. The summed E-state index contributed by atoms with van der Waals surface area (Å²) in [5.41, 5.74) is 2.49. The number of ether oxygens (including phenoxy) is 2. The highest BCUT2D eigenvalue weighted by atomic mass is 16.6. The molecule has 0 heterocycles. The average molecular weight is 465 g/mol. The molecule has 4 heteroatoms. The molecule has 0 aromatic heterocycles. The summed E-state index contributed by atoms with van der Waals surface area (Å²) in [4.78, 5) is 24.7. The van der Waals surface area contributed by atoms with Gasteiger partial charge in [-0.05, 0) is 17.5 Å². The van der Waals surface area contributed by atoms with Crippen molar-refractivity contribution in [3.63, 3.8) is 0 Å². The molecule has 0 fully saturated rings. The molecule has 0 aliphatic rings. The lowest BCUT2D eigenvalue weighted by molar-refractivity contribution is -0.154. The summed E-state index contributed by atoms with van der Waals surface area (Å²) >= 11 is 0. The molecule has 0 atom stereocenters. The standard InChI is InChI=1S/C31H28O4/c32-24-35-31(27-17-9-3-10-18-27,28-19-11-4-12-20-28)23-30(33)34-22-21-29(25-13-5-1-6-14-25)26-15-7-2-8-16-26/h1-20,24,29H,21-23H2. The Kier molecular flexibility index (Phi) is 8.08. The summed E-state index contributed by atoms with van der Waals surface area (Å²) in [7, 11) is 0. The predicted molar refractivity (Wildman–Crippen MR) is 136 cm³/mol. The van der Waals surface area contributed by atoms with Gasteiger partial charge in [0.15, 0.2) is 5.60 Å². The molecule has 4 aromatic carbocycles. The third kappa shape index (κ3) is 5.85. The number of benzene rings is 4. The van der Waals surface area contributed by atoms with Gasteiger partial charge >= 0.3 is 5.97 Å². The second-order valence-corrected chi connectivity index (χ2v) is 8.33.